The molecule has 6 heteroatoms. The Hall–Kier alpha value is -2.63. The summed E-state index contributed by atoms with van der Waals surface area (Å²) in [5.41, 5.74) is 0.356. The van der Waals surface area contributed by atoms with Crippen LogP contribution in [-0.2, 0) is 4.79 Å². The Kier molecular flexibility index (Phi) is 3.92. The Balaban J connectivity index is 2.24. The molecule has 19 heavy (non-hydrogen) atoms. The number of rotatable bonds is 5. The van der Waals surface area contributed by atoms with Crippen LogP contribution in [-0.4, -0.2) is 21.0 Å². The van der Waals surface area contributed by atoms with Crippen molar-refractivity contribution < 1.29 is 9.90 Å². The molecule has 3 N–H and O–H groups in total. The smallest absolute Gasteiger partial charge is 0.346 e. The lowest BCUT2D eigenvalue weighted by atomic mass is 10.0. The number of hydrogen-bond donors (Lipinski definition) is 3. The van der Waals surface area contributed by atoms with Crippen molar-refractivity contribution in [2.45, 2.75) is 12.5 Å². The second-order valence-corrected chi connectivity index (χ2v) is 3.99. The van der Waals surface area contributed by atoms with Crippen LogP contribution in [0.15, 0.2) is 47.4 Å². The summed E-state index contributed by atoms with van der Waals surface area (Å²) in [5.74, 6) is -0.479. The van der Waals surface area contributed by atoms with Crippen molar-refractivity contribution in [3.8, 4) is 0 Å². The third-order valence-corrected chi connectivity index (χ3v) is 2.59. The van der Waals surface area contributed by atoms with E-state index in [0.717, 1.165) is 5.56 Å². The van der Waals surface area contributed by atoms with E-state index in [0.29, 0.717) is 5.82 Å². The molecule has 0 saturated heterocycles. The molecule has 1 aromatic carbocycles. The molecular weight excluding hydrogens is 246 g/mol. The molecule has 6 nitrogen and oxygen atoms in total. The van der Waals surface area contributed by atoms with Gasteiger partial charge in [-0.3, -0.25) is 9.78 Å². The van der Waals surface area contributed by atoms with Crippen molar-refractivity contribution in [2.75, 3.05) is 5.32 Å². The van der Waals surface area contributed by atoms with Crippen LogP contribution < -0.4 is 11.0 Å². The van der Waals surface area contributed by atoms with Gasteiger partial charge in [-0.05, 0) is 11.6 Å². The molecule has 1 heterocycles. The predicted molar refractivity (Wildman–Crippen MR) is 69.9 cm³/mol. The van der Waals surface area contributed by atoms with Gasteiger partial charge in [0.15, 0.2) is 0 Å². The van der Waals surface area contributed by atoms with E-state index in [4.69, 9.17) is 5.11 Å². The van der Waals surface area contributed by atoms with Crippen LogP contribution in [0.1, 0.15) is 18.0 Å². The van der Waals surface area contributed by atoms with E-state index in [-0.39, 0.29) is 6.42 Å². The largest absolute Gasteiger partial charge is 0.481 e. The molecule has 98 valence electrons. The zero-order valence-electron chi connectivity index (χ0n) is 10.0. The topological polar surface area (TPSA) is 95.1 Å². The number of nitrogens with zero attached hydrogens (tertiary/aromatic N) is 1. The van der Waals surface area contributed by atoms with E-state index in [1.54, 1.807) is 6.07 Å². The molecule has 0 radical (unpaired) electrons. The van der Waals surface area contributed by atoms with Crippen molar-refractivity contribution in [3.05, 3.63) is 58.6 Å². The number of carboxylic acids is 1. The second-order valence-electron chi connectivity index (χ2n) is 3.99. The van der Waals surface area contributed by atoms with E-state index in [1.807, 2.05) is 30.3 Å². The monoisotopic (exact) mass is 259 g/mol. The number of aromatic nitrogens is 2. The van der Waals surface area contributed by atoms with E-state index in [2.05, 4.69) is 15.3 Å². The Bertz CT molecular complexity index is 610. The van der Waals surface area contributed by atoms with Crippen LogP contribution in [0.25, 0.3) is 0 Å². The molecule has 0 aliphatic carbocycles. The van der Waals surface area contributed by atoms with Crippen LogP contribution in [0.5, 0.6) is 0 Å². The SMILES string of the molecule is O=C(O)CC(Nc1ccnc(=O)[nH]1)c1ccccc1. The average molecular weight is 259 g/mol. The van der Waals surface area contributed by atoms with Crippen LogP contribution in [0.2, 0.25) is 0 Å². The molecule has 0 spiro atoms. The molecule has 2 aromatic rings. The fraction of sp³-hybridized carbons (Fsp3) is 0.154. The van der Waals surface area contributed by atoms with Crippen LogP contribution >= 0.6 is 0 Å². The molecular formula is C13H13N3O3. The molecule has 2 rings (SSSR count). The fourth-order valence-corrected chi connectivity index (χ4v) is 1.75. The lowest BCUT2D eigenvalue weighted by molar-refractivity contribution is -0.137. The van der Waals surface area contributed by atoms with Gasteiger partial charge in [-0.25, -0.2) is 9.78 Å². The van der Waals surface area contributed by atoms with Gasteiger partial charge in [0.25, 0.3) is 0 Å². The number of benzene rings is 1. The highest BCUT2D eigenvalue weighted by Gasteiger charge is 2.15. The normalized spacial score (nSPS) is 11.8. The Morgan fingerprint density at radius 2 is 2.05 bits per heavy atom. The maximum absolute atomic E-state index is 11.1. The van der Waals surface area contributed by atoms with Gasteiger partial charge in [-0.1, -0.05) is 30.3 Å². The molecule has 0 amide bonds. The third kappa shape index (κ3) is 3.67. The number of nitrogens with one attached hydrogen (secondary N) is 2. The van der Waals surface area contributed by atoms with Gasteiger partial charge < -0.3 is 10.4 Å². The van der Waals surface area contributed by atoms with Gasteiger partial charge in [-0.2, -0.15) is 0 Å². The number of H-pyrrole nitrogens is 1. The van der Waals surface area contributed by atoms with E-state index >= 15 is 0 Å². The minimum absolute atomic E-state index is 0.0889. The zero-order chi connectivity index (χ0) is 13.7. The second kappa shape index (κ2) is 5.81. The van der Waals surface area contributed by atoms with Gasteiger partial charge in [-0.15, -0.1) is 0 Å². The highest BCUT2D eigenvalue weighted by molar-refractivity contribution is 5.68. The summed E-state index contributed by atoms with van der Waals surface area (Å²) in [6.07, 6.45) is 1.28. The molecule has 0 saturated carbocycles. The molecule has 1 unspecified atom stereocenters. The Morgan fingerprint density at radius 3 is 2.68 bits per heavy atom. The molecule has 0 aliphatic heterocycles. The lowest BCUT2D eigenvalue weighted by Gasteiger charge is -2.18. The van der Waals surface area contributed by atoms with Crippen LogP contribution in [0.3, 0.4) is 0 Å². The first kappa shape index (κ1) is 12.8. The van der Waals surface area contributed by atoms with E-state index in [9.17, 15) is 9.59 Å². The first-order valence-electron chi connectivity index (χ1n) is 5.74. The van der Waals surface area contributed by atoms with Crippen molar-refractivity contribution in [2.24, 2.45) is 0 Å². The van der Waals surface area contributed by atoms with Gasteiger partial charge in [0.2, 0.25) is 0 Å². The lowest BCUT2D eigenvalue weighted by Crippen LogP contribution is -2.19. The van der Waals surface area contributed by atoms with Gasteiger partial charge in [0.1, 0.15) is 5.82 Å². The molecule has 0 fully saturated rings. The van der Waals surface area contributed by atoms with Crippen molar-refractivity contribution in [1.82, 2.24) is 9.97 Å². The molecule has 0 bridgehead atoms. The number of aromatic amines is 1. The third-order valence-electron chi connectivity index (χ3n) is 2.59. The predicted octanol–water partition coefficient (Wildman–Crippen LogP) is 1.40. The van der Waals surface area contributed by atoms with Crippen molar-refractivity contribution in [3.63, 3.8) is 0 Å². The summed E-state index contributed by atoms with van der Waals surface area (Å²) in [7, 11) is 0. The Morgan fingerprint density at radius 1 is 1.32 bits per heavy atom. The summed E-state index contributed by atoms with van der Waals surface area (Å²) < 4.78 is 0. The number of carbonyl (C=O) groups is 1. The minimum atomic E-state index is -0.919. The quantitative estimate of drug-likeness (QED) is 0.754. The number of anilines is 1. The summed E-state index contributed by atoms with van der Waals surface area (Å²) in [5, 5.41) is 11.9. The van der Waals surface area contributed by atoms with Crippen molar-refractivity contribution >= 4 is 11.8 Å². The number of carboxylic acid groups (broad SMARTS) is 1. The summed E-state index contributed by atoms with van der Waals surface area (Å²) in [6.45, 7) is 0. The maximum atomic E-state index is 11.1. The average Bonchev–Trinajstić information content (AvgIpc) is 2.38. The van der Waals surface area contributed by atoms with Gasteiger partial charge in [0, 0.05) is 6.20 Å². The van der Waals surface area contributed by atoms with E-state index in [1.165, 1.54) is 6.20 Å². The minimum Gasteiger partial charge on any atom is -0.481 e. The molecule has 1 aromatic heterocycles. The van der Waals surface area contributed by atoms with E-state index < -0.39 is 17.7 Å². The van der Waals surface area contributed by atoms with Gasteiger partial charge >= 0.3 is 11.7 Å². The maximum Gasteiger partial charge on any atom is 0.346 e. The standard InChI is InChI=1S/C13H13N3O3/c17-12(18)8-10(9-4-2-1-3-5-9)15-11-6-7-14-13(19)16-11/h1-7,10H,8H2,(H,17,18)(H2,14,15,16,19). The first-order valence-corrected chi connectivity index (χ1v) is 5.74. The summed E-state index contributed by atoms with van der Waals surface area (Å²) >= 11 is 0. The number of aliphatic carboxylic acids is 1. The summed E-state index contributed by atoms with van der Waals surface area (Å²) in [4.78, 5) is 28.0. The first-order chi connectivity index (χ1) is 9.15. The zero-order valence-corrected chi connectivity index (χ0v) is 10.0. The highest BCUT2D eigenvalue weighted by Crippen LogP contribution is 2.20. The molecule has 0 aliphatic rings. The number of hydrogen-bond acceptors (Lipinski definition) is 4. The van der Waals surface area contributed by atoms with Crippen LogP contribution in [0, 0.1) is 0 Å². The molecule has 1 atom stereocenters. The van der Waals surface area contributed by atoms with Crippen LogP contribution in [0.4, 0.5) is 5.82 Å². The fourth-order valence-electron chi connectivity index (χ4n) is 1.75. The van der Waals surface area contributed by atoms with Crippen molar-refractivity contribution in [1.29, 1.82) is 0 Å². The highest BCUT2D eigenvalue weighted by atomic mass is 16.4. The summed E-state index contributed by atoms with van der Waals surface area (Å²) in [6, 6.07) is 10.4. The van der Waals surface area contributed by atoms with Gasteiger partial charge in [0.05, 0.1) is 12.5 Å². The Labute approximate surface area is 109 Å².